The number of carbonyl (C=O) groups is 1. The summed E-state index contributed by atoms with van der Waals surface area (Å²) >= 11 is 12.3. The van der Waals surface area contributed by atoms with Crippen molar-refractivity contribution in [1.82, 2.24) is 14.7 Å². The van der Waals surface area contributed by atoms with Crippen molar-refractivity contribution in [1.29, 1.82) is 0 Å². The van der Waals surface area contributed by atoms with Crippen LogP contribution in [0, 0.1) is 0 Å². The standard InChI is InChI=1S/C27H26Cl2N4O4S/c1-18(2)33(17-19-15-30-32(3)16-19)27(34)23-14-20(28)8-13-25(23)31-38(35,36)22-11-9-21(10-12-22)37-26-7-5-4-6-24(26)29/h4-16,18,31H,17H2,1-3H3. The van der Waals surface area contributed by atoms with Gasteiger partial charge in [-0.3, -0.25) is 14.2 Å². The second-order valence-electron chi connectivity index (χ2n) is 8.85. The summed E-state index contributed by atoms with van der Waals surface area (Å²) in [6, 6.07) is 17.1. The van der Waals surface area contributed by atoms with Gasteiger partial charge < -0.3 is 9.64 Å². The number of benzene rings is 3. The fraction of sp³-hybridized carbons (Fsp3) is 0.185. The smallest absolute Gasteiger partial charge is 0.261 e. The van der Waals surface area contributed by atoms with Gasteiger partial charge in [0.05, 0.1) is 27.4 Å². The van der Waals surface area contributed by atoms with Gasteiger partial charge in [-0.25, -0.2) is 8.42 Å². The Kier molecular flexibility index (Phi) is 8.30. The van der Waals surface area contributed by atoms with Gasteiger partial charge in [-0.15, -0.1) is 0 Å². The number of aryl methyl sites for hydroxylation is 1. The number of anilines is 1. The van der Waals surface area contributed by atoms with E-state index < -0.39 is 10.0 Å². The molecule has 0 aliphatic carbocycles. The molecule has 0 atom stereocenters. The summed E-state index contributed by atoms with van der Waals surface area (Å²) in [5.74, 6) is 0.503. The van der Waals surface area contributed by atoms with Crippen molar-refractivity contribution in [3.63, 3.8) is 0 Å². The molecule has 1 aromatic heterocycles. The highest BCUT2D eigenvalue weighted by atomic mass is 35.5. The van der Waals surface area contributed by atoms with E-state index in [1.165, 1.54) is 42.5 Å². The van der Waals surface area contributed by atoms with Crippen LogP contribution in [-0.4, -0.2) is 35.0 Å². The number of aromatic nitrogens is 2. The first-order chi connectivity index (χ1) is 18.0. The lowest BCUT2D eigenvalue weighted by molar-refractivity contribution is 0.0691. The second-order valence-corrected chi connectivity index (χ2v) is 11.4. The monoisotopic (exact) mass is 572 g/mol. The van der Waals surface area contributed by atoms with Crippen LogP contribution in [0.4, 0.5) is 5.69 Å². The van der Waals surface area contributed by atoms with Crippen molar-refractivity contribution in [2.24, 2.45) is 7.05 Å². The number of carbonyl (C=O) groups excluding carboxylic acids is 1. The maximum absolute atomic E-state index is 13.6. The van der Waals surface area contributed by atoms with E-state index in [0.29, 0.717) is 28.1 Å². The summed E-state index contributed by atoms with van der Waals surface area (Å²) in [7, 11) is -2.24. The minimum absolute atomic E-state index is 0.00608. The van der Waals surface area contributed by atoms with Crippen molar-refractivity contribution in [2.45, 2.75) is 31.3 Å². The van der Waals surface area contributed by atoms with Gasteiger partial charge in [0.25, 0.3) is 15.9 Å². The molecule has 11 heteroatoms. The topological polar surface area (TPSA) is 93.5 Å². The van der Waals surface area contributed by atoms with Crippen LogP contribution < -0.4 is 9.46 Å². The van der Waals surface area contributed by atoms with Crippen molar-refractivity contribution in [3.05, 3.63) is 100 Å². The van der Waals surface area contributed by atoms with Crippen LogP contribution in [0.1, 0.15) is 29.8 Å². The molecule has 1 N–H and O–H groups in total. The molecule has 0 aliphatic rings. The van der Waals surface area contributed by atoms with E-state index in [1.54, 1.807) is 47.1 Å². The van der Waals surface area contributed by atoms with E-state index in [2.05, 4.69) is 9.82 Å². The van der Waals surface area contributed by atoms with Gasteiger partial charge in [-0.2, -0.15) is 5.10 Å². The van der Waals surface area contributed by atoms with E-state index in [4.69, 9.17) is 27.9 Å². The summed E-state index contributed by atoms with van der Waals surface area (Å²) in [4.78, 5) is 15.2. The van der Waals surface area contributed by atoms with Gasteiger partial charge in [0.1, 0.15) is 11.5 Å². The van der Waals surface area contributed by atoms with Gasteiger partial charge in [-0.05, 0) is 68.4 Å². The molecule has 1 amide bonds. The molecule has 0 aliphatic heterocycles. The first-order valence-corrected chi connectivity index (χ1v) is 13.9. The molecule has 0 bridgehead atoms. The number of para-hydroxylation sites is 1. The molecule has 0 fully saturated rings. The van der Waals surface area contributed by atoms with Gasteiger partial charge >= 0.3 is 0 Å². The molecule has 3 aromatic carbocycles. The zero-order valence-electron chi connectivity index (χ0n) is 20.9. The number of hydrogen-bond acceptors (Lipinski definition) is 5. The fourth-order valence-corrected chi connectivity index (χ4v) is 5.15. The zero-order valence-corrected chi connectivity index (χ0v) is 23.3. The van der Waals surface area contributed by atoms with E-state index in [1.807, 2.05) is 20.0 Å². The molecule has 0 saturated carbocycles. The lowest BCUT2D eigenvalue weighted by Crippen LogP contribution is -2.36. The third kappa shape index (κ3) is 6.48. The summed E-state index contributed by atoms with van der Waals surface area (Å²) in [5.41, 5.74) is 1.10. The normalized spacial score (nSPS) is 11.4. The van der Waals surface area contributed by atoms with Crippen LogP contribution in [0.5, 0.6) is 11.5 Å². The van der Waals surface area contributed by atoms with Gasteiger partial charge in [0, 0.05) is 36.4 Å². The van der Waals surface area contributed by atoms with Gasteiger partial charge in [0.2, 0.25) is 0 Å². The molecule has 4 rings (SSSR count). The molecular weight excluding hydrogens is 547 g/mol. The number of halogens is 2. The minimum atomic E-state index is -4.04. The molecule has 4 aromatic rings. The molecule has 198 valence electrons. The largest absolute Gasteiger partial charge is 0.456 e. The van der Waals surface area contributed by atoms with Crippen LogP contribution >= 0.6 is 23.2 Å². The van der Waals surface area contributed by atoms with Crippen molar-refractivity contribution in [2.75, 3.05) is 4.72 Å². The number of rotatable bonds is 9. The average molecular weight is 574 g/mol. The Morgan fingerprint density at radius 3 is 2.42 bits per heavy atom. The van der Waals surface area contributed by atoms with E-state index in [9.17, 15) is 13.2 Å². The van der Waals surface area contributed by atoms with Crippen LogP contribution in [-0.2, 0) is 23.6 Å². The van der Waals surface area contributed by atoms with Crippen molar-refractivity contribution >= 4 is 44.8 Å². The SMILES string of the molecule is CC(C)N(Cc1cnn(C)c1)C(=O)c1cc(Cl)ccc1NS(=O)(=O)c1ccc(Oc2ccccc2Cl)cc1. The summed E-state index contributed by atoms with van der Waals surface area (Å²) in [6.45, 7) is 4.07. The Morgan fingerprint density at radius 1 is 1.08 bits per heavy atom. The average Bonchev–Trinajstić information content (AvgIpc) is 3.29. The molecule has 1 heterocycles. The van der Waals surface area contributed by atoms with E-state index in [-0.39, 0.29) is 28.1 Å². The predicted molar refractivity (Wildman–Crippen MR) is 148 cm³/mol. The van der Waals surface area contributed by atoms with Crippen LogP contribution in [0.15, 0.2) is 84.0 Å². The Morgan fingerprint density at radius 2 is 1.79 bits per heavy atom. The zero-order chi connectivity index (χ0) is 27.4. The second kappa shape index (κ2) is 11.5. The maximum atomic E-state index is 13.6. The number of hydrogen-bond donors (Lipinski definition) is 1. The third-order valence-corrected chi connectivity index (χ3v) is 7.58. The van der Waals surface area contributed by atoms with E-state index in [0.717, 1.165) is 5.56 Å². The number of ether oxygens (including phenoxy) is 1. The first kappa shape index (κ1) is 27.5. The van der Waals surface area contributed by atoms with Crippen LogP contribution in [0.3, 0.4) is 0 Å². The molecule has 38 heavy (non-hydrogen) atoms. The highest BCUT2D eigenvalue weighted by Crippen LogP contribution is 2.30. The Labute approximate surface area is 231 Å². The molecule has 0 saturated heterocycles. The fourth-order valence-electron chi connectivity index (χ4n) is 3.72. The summed E-state index contributed by atoms with van der Waals surface area (Å²) in [6.07, 6.45) is 3.51. The van der Waals surface area contributed by atoms with Crippen LogP contribution in [0.2, 0.25) is 10.0 Å². The Hall–Kier alpha value is -3.53. The minimum Gasteiger partial charge on any atom is -0.456 e. The van der Waals surface area contributed by atoms with Crippen LogP contribution in [0.25, 0.3) is 0 Å². The maximum Gasteiger partial charge on any atom is 0.261 e. The number of nitrogens with zero attached hydrogens (tertiary/aromatic N) is 3. The third-order valence-electron chi connectivity index (χ3n) is 5.65. The van der Waals surface area contributed by atoms with Gasteiger partial charge in [0.15, 0.2) is 0 Å². The number of nitrogens with one attached hydrogen (secondary N) is 1. The lowest BCUT2D eigenvalue weighted by atomic mass is 10.1. The molecule has 0 radical (unpaired) electrons. The summed E-state index contributed by atoms with van der Waals surface area (Å²) < 4.78 is 36.4. The predicted octanol–water partition coefficient (Wildman–Crippen LogP) is 6.37. The molecule has 0 unspecified atom stereocenters. The highest BCUT2D eigenvalue weighted by molar-refractivity contribution is 7.92. The Balaban J connectivity index is 1.58. The lowest BCUT2D eigenvalue weighted by Gasteiger charge is -2.27. The Bertz CT molecular complexity index is 1550. The summed E-state index contributed by atoms with van der Waals surface area (Å²) in [5, 5.41) is 4.90. The van der Waals surface area contributed by atoms with Gasteiger partial charge in [-0.1, -0.05) is 35.3 Å². The van der Waals surface area contributed by atoms with E-state index >= 15 is 0 Å². The number of amides is 1. The molecular formula is C27H26Cl2N4O4S. The molecule has 8 nitrogen and oxygen atoms in total. The van der Waals surface area contributed by atoms with Crippen molar-refractivity contribution in [3.8, 4) is 11.5 Å². The first-order valence-electron chi connectivity index (χ1n) is 11.7. The molecule has 0 spiro atoms. The number of sulfonamides is 1. The highest BCUT2D eigenvalue weighted by Gasteiger charge is 2.25. The quantitative estimate of drug-likeness (QED) is 0.251. The van der Waals surface area contributed by atoms with Crippen molar-refractivity contribution < 1.29 is 17.9 Å².